The number of phenols is 1. The number of phenolic OH excluding ortho intramolecular Hbond substituents is 1. The topological polar surface area (TPSA) is 234 Å². The summed E-state index contributed by atoms with van der Waals surface area (Å²) in [6.07, 6.45) is 0. The number of nitrogens with two attached hydrogens (primary N) is 1. The number of nitrogens with zero attached hydrogens (tertiary/aromatic N) is 4. The monoisotopic (exact) mass is 697 g/mol. The van der Waals surface area contributed by atoms with Gasteiger partial charge in [-0.3, -0.25) is 13.9 Å². The van der Waals surface area contributed by atoms with Crippen LogP contribution in [-0.2, 0) is 20.2 Å². The van der Waals surface area contributed by atoms with Gasteiger partial charge in [0.1, 0.15) is 21.2 Å². The molecule has 0 fully saturated rings. The second-order valence-electron chi connectivity index (χ2n) is 10.4. The Morgan fingerprint density at radius 1 is 0.729 bits per heavy atom. The molecule has 0 heterocycles. The smallest absolute Gasteiger partial charge is 0.505 e. The van der Waals surface area contributed by atoms with Crippen LogP contribution in [-0.4, -0.2) is 37.0 Å². The first-order chi connectivity index (χ1) is 22.1. The Bertz CT molecular complexity index is 2350. The number of fused-ring (bicyclic) bond motifs is 1. The summed E-state index contributed by atoms with van der Waals surface area (Å²) in [6.45, 7) is 3.36. The molecule has 0 saturated carbocycles. The number of rotatable bonds is 8. The van der Waals surface area contributed by atoms with Crippen molar-refractivity contribution in [2.75, 3.05) is 11.1 Å². The Kier molecular flexibility index (Phi) is 10.8. The summed E-state index contributed by atoms with van der Waals surface area (Å²) >= 11 is 0. The predicted octanol–water partition coefficient (Wildman–Crippen LogP) is 4.32. The average molecular weight is 698 g/mol. The van der Waals surface area contributed by atoms with Crippen molar-refractivity contribution in [1.29, 1.82) is 0 Å². The molecule has 0 saturated heterocycles. The molecule has 1 amide bonds. The normalized spacial score (nSPS) is 12.0. The van der Waals surface area contributed by atoms with Crippen LogP contribution in [0.1, 0.15) is 21.5 Å². The second kappa shape index (κ2) is 14.3. The van der Waals surface area contributed by atoms with Crippen molar-refractivity contribution >= 4 is 71.0 Å². The number of azo groups is 2. The summed E-state index contributed by atoms with van der Waals surface area (Å²) in [4.78, 5) is 11.1. The molecule has 0 atom stereocenters. The molecule has 0 aliphatic heterocycles. The number of hydrogen-bond acceptors (Lipinski definition) is 11. The molecule has 17 heteroatoms. The van der Waals surface area contributed by atoms with Gasteiger partial charge in [0.05, 0.1) is 11.4 Å². The van der Waals surface area contributed by atoms with Crippen LogP contribution >= 0.6 is 0 Å². The number of nitrogens with one attached hydrogen (secondary N) is 1. The van der Waals surface area contributed by atoms with Crippen molar-refractivity contribution in [1.82, 2.24) is 0 Å². The van der Waals surface area contributed by atoms with Gasteiger partial charge in [0.2, 0.25) is 0 Å². The van der Waals surface area contributed by atoms with Crippen molar-refractivity contribution in [3.63, 3.8) is 0 Å². The van der Waals surface area contributed by atoms with E-state index in [2.05, 4.69) is 25.8 Å². The SMILES string of the molecule is Cc1ccc(N=Nc2c(S(=O)(=O)O)cc3cc(N=Nc4ccc(NC(=O)c5ccc(N)cc5)cc4C)ccc3c2O)c(S(=O)(=O)O)c1.[Na+]. The third-order valence-corrected chi connectivity index (χ3v) is 8.61. The maximum absolute atomic E-state index is 12.5. The molecule has 0 unspecified atom stereocenters. The van der Waals surface area contributed by atoms with Crippen molar-refractivity contribution in [3.8, 4) is 5.75 Å². The standard InChI is InChI=1S/C31H26N6O8S2.Na/c1-17-3-11-26(27(13-17)46(40,41)42)36-37-29-28(47(43,44)45)16-20-15-23(8-10-24(20)30(29)38)34-35-25-12-9-22(14-18(25)2)33-31(39)19-4-6-21(32)7-5-19;/h3-16,38H,32H2,1-2H3,(H,33,39)(H,40,41,42)(H,43,44,45);/q;+1. The molecule has 0 spiro atoms. The van der Waals surface area contributed by atoms with Gasteiger partial charge in [-0.2, -0.15) is 27.1 Å². The number of benzene rings is 5. The summed E-state index contributed by atoms with van der Waals surface area (Å²) < 4.78 is 67.7. The van der Waals surface area contributed by atoms with Gasteiger partial charge in [0.15, 0.2) is 5.75 Å². The van der Waals surface area contributed by atoms with Crippen LogP contribution in [0.4, 0.5) is 34.1 Å². The van der Waals surface area contributed by atoms with Gasteiger partial charge in [-0.1, -0.05) is 6.07 Å². The quantitative estimate of drug-likeness (QED) is 0.0671. The molecule has 5 aromatic carbocycles. The van der Waals surface area contributed by atoms with Crippen LogP contribution in [0.3, 0.4) is 0 Å². The van der Waals surface area contributed by atoms with Gasteiger partial charge >= 0.3 is 29.6 Å². The summed E-state index contributed by atoms with van der Waals surface area (Å²) in [6, 6.07) is 20.7. The number of aromatic hydroxyl groups is 1. The maximum atomic E-state index is 12.5. The molecule has 0 aliphatic rings. The van der Waals surface area contributed by atoms with Gasteiger partial charge in [-0.25, -0.2) is 0 Å². The van der Waals surface area contributed by atoms with Crippen LogP contribution in [0, 0.1) is 13.8 Å². The zero-order valence-corrected chi connectivity index (χ0v) is 29.3. The molecule has 6 N–H and O–H groups in total. The molecule has 0 bridgehead atoms. The number of hydrogen-bond donors (Lipinski definition) is 5. The fraction of sp³-hybridized carbons (Fsp3) is 0.0645. The van der Waals surface area contributed by atoms with E-state index < -0.39 is 41.5 Å². The van der Waals surface area contributed by atoms with Crippen LogP contribution in [0.2, 0.25) is 0 Å². The molecule has 0 aliphatic carbocycles. The minimum absolute atomic E-state index is 0. The number of amides is 1. The van der Waals surface area contributed by atoms with E-state index in [1.54, 1.807) is 56.3 Å². The van der Waals surface area contributed by atoms with Crippen molar-refractivity contribution in [2.24, 2.45) is 20.5 Å². The fourth-order valence-electron chi connectivity index (χ4n) is 4.50. The Balaban J connectivity index is 0.00000520. The fourth-order valence-corrected chi connectivity index (χ4v) is 5.87. The van der Waals surface area contributed by atoms with E-state index in [9.17, 15) is 35.8 Å². The Hall–Kier alpha value is -4.55. The molecule has 5 aromatic rings. The van der Waals surface area contributed by atoms with Gasteiger partial charge in [-0.05, 0) is 109 Å². The van der Waals surface area contributed by atoms with Crippen LogP contribution in [0.25, 0.3) is 10.8 Å². The first-order valence-electron chi connectivity index (χ1n) is 13.6. The molecule has 48 heavy (non-hydrogen) atoms. The van der Waals surface area contributed by atoms with E-state index in [0.717, 1.165) is 12.1 Å². The van der Waals surface area contributed by atoms with E-state index in [4.69, 9.17) is 5.73 Å². The first-order valence-corrected chi connectivity index (χ1v) is 16.4. The Morgan fingerprint density at radius 3 is 2.02 bits per heavy atom. The van der Waals surface area contributed by atoms with Crippen LogP contribution in [0.15, 0.2) is 115 Å². The molecule has 0 radical (unpaired) electrons. The number of carbonyl (C=O) groups is 1. The third kappa shape index (κ3) is 8.29. The Labute approximate surface area is 297 Å². The van der Waals surface area contributed by atoms with Crippen molar-refractivity contribution in [3.05, 3.63) is 102 Å². The summed E-state index contributed by atoms with van der Waals surface area (Å²) in [5, 5.41) is 30.0. The molecular formula is C31H26N6NaO8S2+. The minimum Gasteiger partial charge on any atom is -0.505 e. The van der Waals surface area contributed by atoms with Gasteiger partial charge < -0.3 is 16.2 Å². The predicted molar refractivity (Wildman–Crippen MR) is 175 cm³/mol. The number of anilines is 2. The van der Waals surface area contributed by atoms with Gasteiger partial charge in [-0.15, -0.1) is 10.2 Å². The average Bonchev–Trinajstić information content (AvgIpc) is 3.00. The molecule has 240 valence electrons. The zero-order chi connectivity index (χ0) is 34.1. The number of aryl methyl sites for hydroxylation is 2. The van der Waals surface area contributed by atoms with E-state index in [-0.39, 0.29) is 57.6 Å². The minimum atomic E-state index is -4.97. The molecular weight excluding hydrogens is 671 g/mol. The summed E-state index contributed by atoms with van der Waals surface area (Å²) in [7, 11) is -9.69. The van der Waals surface area contributed by atoms with Crippen molar-refractivity contribution < 1.29 is 65.4 Å². The summed E-state index contributed by atoms with van der Waals surface area (Å²) in [5.74, 6) is -0.986. The Morgan fingerprint density at radius 2 is 1.38 bits per heavy atom. The maximum Gasteiger partial charge on any atom is 1.00 e. The molecule has 14 nitrogen and oxygen atoms in total. The number of nitrogen functional groups attached to an aromatic ring is 1. The third-order valence-electron chi connectivity index (χ3n) is 6.86. The first kappa shape index (κ1) is 36.3. The van der Waals surface area contributed by atoms with Crippen LogP contribution < -0.4 is 40.6 Å². The van der Waals surface area contributed by atoms with E-state index in [0.29, 0.717) is 33.8 Å². The largest absolute Gasteiger partial charge is 1.00 e. The molecule has 5 rings (SSSR count). The van der Waals surface area contributed by atoms with Gasteiger partial charge in [0, 0.05) is 22.3 Å². The number of carbonyl (C=O) groups excluding carboxylic acids is 1. The van der Waals surface area contributed by atoms with E-state index in [1.807, 2.05) is 0 Å². The molecule has 0 aromatic heterocycles. The van der Waals surface area contributed by atoms with Crippen molar-refractivity contribution in [2.45, 2.75) is 23.6 Å². The summed E-state index contributed by atoms with van der Waals surface area (Å²) in [5.41, 5.74) is 8.12. The second-order valence-corrected chi connectivity index (χ2v) is 13.2. The zero-order valence-electron chi connectivity index (χ0n) is 25.6. The van der Waals surface area contributed by atoms with E-state index in [1.165, 1.54) is 30.3 Å². The van der Waals surface area contributed by atoms with E-state index >= 15 is 0 Å². The van der Waals surface area contributed by atoms with Crippen LogP contribution in [0.5, 0.6) is 5.75 Å². The van der Waals surface area contributed by atoms with Gasteiger partial charge in [0.25, 0.3) is 26.1 Å².